The van der Waals surface area contributed by atoms with Crippen molar-refractivity contribution in [1.82, 2.24) is 10.2 Å². The molecule has 0 aliphatic rings. The first kappa shape index (κ1) is 13.7. The summed E-state index contributed by atoms with van der Waals surface area (Å²) in [6.07, 6.45) is 2.08. The molecule has 1 unspecified atom stereocenters. The quantitative estimate of drug-likeness (QED) is 0.805. The second kappa shape index (κ2) is 6.46. The van der Waals surface area contributed by atoms with Crippen molar-refractivity contribution in [3.63, 3.8) is 0 Å². The highest BCUT2D eigenvalue weighted by atomic mass is 15.1. The Hall–Kier alpha value is -1.70. The van der Waals surface area contributed by atoms with Crippen LogP contribution in [0.15, 0.2) is 42.5 Å². The third-order valence-corrected chi connectivity index (χ3v) is 3.32. The summed E-state index contributed by atoms with van der Waals surface area (Å²) in [5.74, 6) is 1.03. The van der Waals surface area contributed by atoms with E-state index in [1.165, 1.54) is 5.56 Å². The molecule has 100 valence electrons. The lowest BCUT2D eigenvalue weighted by Crippen LogP contribution is -2.07. The number of benzene rings is 1. The van der Waals surface area contributed by atoms with Crippen LogP contribution in [0.25, 0.3) is 0 Å². The molecule has 0 bridgehead atoms. The summed E-state index contributed by atoms with van der Waals surface area (Å²) < 4.78 is 0. The molecule has 0 spiro atoms. The van der Waals surface area contributed by atoms with E-state index in [4.69, 9.17) is 0 Å². The molecule has 0 radical (unpaired) electrons. The Labute approximate surface area is 115 Å². The minimum atomic E-state index is 0.447. The Bertz CT molecular complexity index is 488. The fourth-order valence-electron chi connectivity index (χ4n) is 2.23. The van der Waals surface area contributed by atoms with Gasteiger partial charge in [-0.2, -0.15) is 10.2 Å². The maximum atomic E-state index is 4.33. The number of hydrogen-bond acceptors (Lipinski definition) is 2. The van der Waals surface area contributed by atoms with E-state index in [9.17, 15) is 0 Å². The number of hydrogen-bond donors (Lipinski definition) is 0. The molecule has 2 rings (SSSR count). The van der Waals surface area contributed by atoms with Crippen LogP contribution in [0.2, 0.25) is 0 Å². The summed E-state index contributed by atoms with van der Waals surface area (Å²) >= 11 is 0. The van der Waals surface area contributed by atoms with Gasteiger partial charge in [-0.3, -0.25) is 0 Å². The molecule has 0 aliphatic heterocycles. The van der Waals surface area contributed by atoms with E-state index in [1.807, 2.05) is 0 Å². The molecule has 1 aromatic carbocycles. The van der Waals surface area contributed by atoms with E-state index in [-0.39, 0.29) is 0 Å². The van der Waals surface area contributed by atoms with Gasteiger partial charge in [0.25, 0.3) is 0 Å². The predicted octanol–water partition coefficient (Wildman–Crippen LogP) is 4.02. The molecule has 0 aliphatic carbocycles. The Morgan fingerprint density at radius 2 is 1.58 bits per heavy atom. The number of aromatic nitrogens is 2. The molecule has 0 amide bonds. The molecular formula is C17H22N2. The summed E-state index contributed by atoms with van der Waals surface area (Å²) in [5.41, 5.74) is 3.55. The van der Waals surface area contributed by atoms with Gasteiger partial charge in [0.15, 0.2) is 0 Å². The van der Waals surface area contributed by atoms with Crippen molar-refractivity contribution < 1.29 is 0 Å². The first-order valence-corrected chi connectivity index (χ1v) is 7.01. The van der Waals surface area contributed by atoms with Gasteiger partial charge in [-0.05, 0) is 42.4 Å². The van der Waals surface area contributed by atoms with E-state index in [1.54, 1.807) is 0 Å². The average molecular weight is 254 g/mol. The van der Waals surface area contributed by atoms with Crippen molar-refractivity contribution in [3.8, 4) is 0 Å². The van der Waals surface area contributed by atoms with Crippen molar-refractivity contribution >= 4 is 0 Å². The maximum Gasteiger partial charge on any atom is 0.0656 e. The van der Waals surface area contributed by atoms with E-state index >= 15 is 0 Å². The minimum Gasteiger partial charge on any atom is -0.155 e. The average Bonchev–Trinajstić information content (AvgIpc) is 2.40. The van der Waals surface area contributed by atoms with Crippen LogP contribution in [0, 0.1) is 5.92 Å². The molecule has 0 saturated heterocycles. The van der Waals surface area contributed by atoms with Crippen LogP contribution in [0.4, 0.5) is 0 Å². The summed E-state index contributed by atoms with van der Waals surface area (Å²) in [6.45, 7) is 6.55. The highest BCUT2D eigenvalue weighted by Gasteiger charge is 2.07. The largest absolute Gasteiger partial charge is 0.155 e. The second-order valence-corrected chi connectivity index (χ2v) is 5.60. The lowest BCUT2D eigenvalue weighted by molar-refractivity contribution is 0.562. The van der Waals surface area contributed by atoms with Crippen molar-refractivity contribution in [2.45, 2.75) is 39.5 Å². The van der Waals surface area contributed by atoms with Gasteiger partial charge < -0.3 is 0 Å². The highest BCUT2D eigenvalue weighted by Crippen LogP contribution is 2.14. The molecule has 19 heavy (non-hydrogen) atoms. The fraction of sp³-hybridized carbons (Fsp3) is 0.412. The van der Waals surface area contributed by atoms with Gasteiger partial charge >= 0.3 is 0 Å². The van der Waals surface area contributed by atoms with Crippen molar-refractivity contribution in [1.29, 1.82) is 0 Å². The van der Waals surface area contributed by atoms with E-state index in [0.717, 1.165) is 24.2 Å². The first-order chi connectivity index (χ1) is 9.15. The van der Waals surface area contributed by atoms with Crippen LogP contribution >= 0.6 is 0 Å². The molecule has 0 fully saturated rings. The van der Waals surface area contributed by atoms with Gasteiger partial charge in [0, 0.05) is 0 Å². The van der Waals surface area contributed by atoms with Crippen LogP contribution < -0.4 is 0 Å². The van der Waals surface area contributed by atoms with E-state index < -0.39 is 0 Å². The van der Waals surface area contributed by atoms with Gasteiger partial charge in [0.1, 0.15) is 0 Å². The lowest BCUT2D eigenvalue weighted by atomic mass is 9.96. The van der Waals surface area contributed by atoms with Gasteiger partial charge in [-0.1, -0.05) is 51.1 Å². The van der Waals surface area contributed by atoms with Gasteiger partial charge in [-0.25, -0.2) is 0 Å². The summed E-state index contributed by atoms with van der Waals surface area (Å²) in [5, 5.41) is 8.62. The van der Waals surface area contributed by atoms with Gasteiger partial charge in [0.2, 0.25) is 0 Å². The van der Waals surface area contributed by atoms with Crippen LogP contribution in [-0.2, 0) is 12.8 Å². The molecule has 2 nitrogen and oxygen atoms in total. The molecule has 0 saturated carbocycles. The van der Waals surface area contributed by atoms with Crippen LogP contribution in [0.1, 0.15) is 43.6 Å². The Kier molecular flexibility index (Phi) is 4.67. The monoisotopic (exact) mass is 254 g/mol. The Morgan fingerprint density at radius 1 is 0.842 bits per heavy atom. The lowest BCUT2D eigenvalue weighted by Gasteiger charge is -2.11. The Balaban J connectivity index is 1.93. The van der Waals surface area contributed by atoms with Crippen LogP contribution in [0.3, 0.4) is 0 Å². The maximum absolute atomic E-state index is 4.33. The first-order valence-electron chi connectivity index (χ1n) is 7.01. The van der Waals surface area contributed by atoms with Gasteiger partial charge in [0.05, 0.1) is 11.4 Å². The summed E-state index contributed by atoms with van der Waals surface area (Å²) in [7, 11) is 0. The third kappa shape index (κ3) is 4.16. The standard InChI is InChI=1S/C17H22N2/c1-13(2)17-10-9-16(18-19-17)12-14(3)11-15-7-5-4-6-8-15/h4-10,13-14H,11-12H2,1-3H3. The van der Waals surface area contributed by atoms with Gasteiger partial charge in [-0.15, -0.1) is 0 Å². The second-order valence-electron chi connectivity index (χ2n) is 5.60. The van der Waals surface area contributed by atoms with Crippen molar-refractivity contribution in [2.75, 3.05) is 0 Å². The van der Waals surface area contributed by atoms with Crippen molar-refractivity contribution in [3.05, 3.63) is 59.4 Å². The van der Waals surface area contributed by atoms with E-state index in [2.05, 4.69) is 73.4 Å². The summed E-state index contributed by atoms with van der Waals surface area (Å²) in [4.78, 5) is 0. The summed E-state index contributed by atoms with van der Waals surface area (Å²) in [6, 6.07) is 14.8. The zero-order valence-electron chi connectivity index (χ0n) is 12.0. The molecule has 2 heteroatoms. The predicted molar refractivity (Wildman–Crippen MR) is 79.1 cm³/mol. The number of nitrogens with zero attached hydrogens (tertiary/aromatic N) is 2. The topological polar surface area (TPSA) is 25.8 Å². The SMILES string of the molecule is CC(Cc1ccccc1)Cc1ccc(C(C)C)nn1. The van der Waals surface area contributed by atoms with Crippen molar-refractivity contribution in [2.24, 2.45) is 5.92 Å². The molecule has 0 N–H and O–H groups in total. The smallest absolute Gasteiger partial charge is 0.0656 e. The molecule has 1 aromatic heterocycles. The zero-order valence-corrected chi connectivity index (χ0v) is 12.0. The third-order valence-electron chi connectivity index (χ3n) is 3.32. The van der Waals surface area contributed by atoms with E-state index in [0.29, 0.717) is 11.8 Å². The number of rotatable bonds is 5. The molecule has 1 atom stereocenters. The fourth-order valence-corrected chi connectivity index (χ4v) is 2.23. The van der Waals surface area contributed by atoms with Crippen LogP contribution in [0.5, 0.6) is 0 Å². The Morgan fingerprint density at radius 3 is 2.16 bits per heavy atom. The minimum absolute atomic E-state index is 0.447. The van der Waals surface area contributed by atoms with Crippen LogP contribution in [-0.4, -0.2) is 10.2 Å². The zero-order chi connectivity index (χ0) is 13.7. The molecular weight excluding hydrogens is 232 g/mol. The molecule has 1 heterocycles. The normalized spacial score (nSPS) is 12.6. The molecule has 2 aromatic rings. The highest BCUT2D eigenvalue weighted by molar-refractivity contribution is 5.16.